The molecule has 0 heterocycles. The average molecular weight is 548 g/mol. The standard InChI is InChI=1S/C23H22BrN3O4S2/c1-14-5-4-6-15(2)21(14)27-33(29,30)18-10-8-17(9-11-18)25-23(32)26-22(28)16-7-12-20(31-3)19(24)13-16/h4-13,27H,1-3H3,(H2,25,26,28,32). The quantitative estimate of drug-likeness (QED) is 0.375. The van der Waals surface area contributed by atoms with Crippen molar-refractivity contribution >= 4 is 60.6 Å². The summed E-state index contributed by atoms with van der Waals surface area (Å²) in [4.78, 5) is 12.5. The van der Waals surface area contributed by atoms with Crippen LogP contribution in [0.15, 0.2) is 70.0 Å². The van der Waals surface area contributed by atoms with Crippen LogP contribution < -0.4 is 20.1 Å². The SMILES string of the molecule is COc1ccc(C(=O)NC(=S)Nc2ccc(S(=O)(=O)Nc3c(C)cccc3C)cc2)cc1Br. The minimum absolute atomic E-state index is 0.0798. The lowest BCUT2D eigenvalue weighted by atomic mass is 10.1. The second kappa shape index (κ2) is 10.3. The fourth-order valence-electron chi connectivity index (χ4n) is 3.03. The number of hydrogen-bond acceptors (Lipinski definition) is 5. The predicted molar refractivity (Wildman–Crippen MR) is 138 cm³/mol. The summed E-state index contributed by atoms with van der Waals surface area (Å²) < 4.78 is 34.0. The van der Waals surface area contributed by atoms with Gasteiger partial charge < -0.3 is 10.1 Å². The topological polar surface area (TPSA) is 96.5 Å². The van der Waals surface area contributed by atoms with Crippen LogP contribution in [0.4, 0.5) is 11.4 Å². The first kappa shape index (κ1) is 24.7. The zero-order valence-corrected chi connectivity index (χ0v) is 21.3. The Morgan fingerprint density at radius 3 is 2.21 bits per heavy atom. The lowest BCUT2D eigenvalue weighted by Gasteiger charge is -2.14. The number of ether oxygens (including phenoxy) is 1. The highest BCUT2D eigenvalue weighted by Crippen LogP contribution is 2.26. The highest BCUT2D eigenvalue weighted by molar-refractivity contribution is 9.10. The molecule has 0 aromatic heterocycles. The van der Waals surface area contributed by atoms with Gasteiger partial charge in [-0.25, -0.2) is 8.42 Å². The lowest BCUT2D eigenvalue weighted by Crippen LogP contribution is -2.34. The van der Waals surface area contributed by atoms with Crippen molar-refractivity contribution in [2.24, 2.45) is 0 Å². The molecular weight excluding hydrogens is 526 g/mol. The van der Waals surface area contributed by atoms with Gasteiger partial charge in [0.2, 0.25) is 0 Å². The fourth-order valence-corrected chi connectivity index (χ4v) is 4.99. The molecule has 3 aromatic carbocycles. The van der Waals surface area contributed by atoms with E-state index in [1.807, 2.05) is 32.0 Å². The van der Waals surface area contributed by atoms with Gasteiger partial charge in [-0.2, -0.15) is 0 Å². The molecule has 3 rings (SSSR count). The minimum Gasteiger partial charge on any atom is -0.496 e. The van der Waals surface area contributed by atoms with Crippen molar-refractivity contribution in [3.8, 4) is 5.75 Å². The zero-order chi connectivity index (χ0) is 24.2. The van der Waals surface area contributed by atoms with E-state index in [1.54, 1.807) is 30.3 Å². The number of hydrogen-bond donors (Lipinski definition) is 3. The summed E-state index contributed by atoms with van der Waals surface area (Å²) in [5.74, 6) is 0.210. The van der Waals surface area contributed by atoms with Crippen molar-refractivity contribution < 1.29 is 17.9 Å². The van der Waals surface area contributed by atoms with Gasteiger partial charge in [0, 0.05) is 11.3 Å². The Morgan fingerprint density at radius 2 is 1.64 bits per heavy atom. The van der Waals surface area contributed by atoms with Crippen molar-refractivity contribution in [2.45, 2.75) is 18.7 Å². The molecule has 3 aromatic rings. The normalized spacial score (nSPS) is 10.9. The summed E-state index contributed by atoms with van der Waals surface area (Å²) >= 11 is 8.54. The van der Waals surface area contributed by atoms with Crippen LogP contribution in [-0.2, 0) is 10.0 Å². The van der Waals surface area contributed by atoms with Crippen molar-refractivity contribution in [1.29, 1.82) is 0 Å². The monoisotopic (exact) mass is 547 g/mol. The molecule has 0 saturated carbocycles. The van der Waals surface area contributed by atoms with E-state index < -0.39 is 15.9 Å². The number of thiocarbonyl (C=S) groups is 1. The number of anilines is 2. The Kier molecular flexibility index (Phi) is 7.72. The number of sulfonamides is 1. The third kappa shape index (κ3) is 6.10. The molecule has 0 spiro atoms. The lowest BCUT2D eigenvalue weighted by molar-refractivity contribution is 0.0977. The number of halogens is 1. The number of para-hydroxylation sites is 1. The van der Waals surface area contributed by atoms with Gasteiger partial charge >= 0.3 is 0 Å². The Morgan fingerprint density at radius 1 is 1.00 bits per heavy atom. The van der Waals surface area contributed by atoms with E-state index in [9.17, 15) is 13.2 Å². The number of carbonyl (C=O) groups excluding carboxylic acids is 1. The van der Waals surface area contributed by atoms with E-state index in [0.29, 0.717) is 27.2 Å². The zero-order valence-electron chi connectivity index (χ0n) is 18.1. The summed E-state index contributed by atoms with van der Waals surface area (Å²) in [6.45, 7) is 3.69. The van der Waals surface area contributed by atoms with Crippen LogP contribution in [0.2, 0.25) is 0 Å². The summed E-state index contributed by atoms with van der Waals surface area (Å²) in [5, 5.41) is 5.54. The smallest absolute Gasteiger partial charge is 0.261 e. The largest absolute Gasteiger partial charge is 0.496 e. The minimum atomic E-state index is -3.76. The second-order valence-electron chi connectivity index (χ2n) is 7.15. The van der Waals surface area contributed by atoms with Gasteiger partial charge in [-0.15, -0.1) is 0 Å². The Labute approximate surface area is 206 Å². The molecule has 33 heavy (non-hydrogen) atoms. The van der Waals surface area contributed by atoms with Crippen molar-refractivity contribution in [3.05, 3.63) is 81.8 Å². The highest BCUT2D eigenvalue weighted by Gasteiger charge is 2.17. The van der Waals surface area contributed by atoms with Gasteiger partial charge in [0.15, 0.2) is 5.11 Å². The maximum Gasteiger partial charge on any atom is 0.261 e. The molecule has 0 saturated heterocycles. The number of benzene rings is 3. The maximum absolute atomic E-state index is 12.8. The molecule has 3 N–H and O–H groups in total. The Hall–Kier alpha value is -2.95. The summed E-state index contributed by atoms with van der Waals surface area (Å²) in [5.41, 5.74) is 3.16. The number of rotatable bonds is 6. The van der Waals surface area contributed by atoms with E-state index >= 15 is 0 Å². The average Bonchev–Trinajstić information content (AvgIpc) is 2.76. The molecule has 0 unspecified atom stereocenters. The number of methoxy groups -OCH3 is 1. The molecular formula is C23H22BrN3O4S2. The first-order chi connectivity index (χ1) is 15.6. The predicted octanol–water partition coefficient (Wildman–Crippen LogP) is 5.00. The van der Waals surface area contributed by atoms with Crippen LogP contribution in [0.25, 0.3) is 0 Å². The van der Waals surface area contributed by atoms with Gasteiger partial charge in [0.05, 0.1) is 22.2 Å². The fraction of sp³-hybridized carbons (Fsp3) is 0.130. The van der Waals surface area contributed by atoms with E-state index in [4.69, 9.17) is 17.0 Å². The molecule has 0 aliphatic rings. The second-order valence-corrected chi connectivity index (χ2v) is 10.1. The Balaban J connectivity index is 1.65. The van der Waals surface area contributed by atoms with Gasteiger partial charge in [0.25, 0.3) is 15.9 Å². The number of aryl methyl sites for hydroxylation is 2. The van der Waals surface area contributed by atoms with E-state index in [-0.39, 0.29) is 10.0 Å². The first-order valence-electron chi connectivity index (χ1n) is 9.75. The maximum atomic E-state index is 12.8. The molecule has 0 radical (unpaired) electrons. The van der Waals surface area contributed by atoms with Crippen molar-refractivity contribution in [3.63, 3.8) is 0 Å². The molecule has 1 amide bonds. The molecule has 172 valence electrons. The Bertz CT molecular complexity index is 1290. The number of carbonyl (C=O) groups is 1. The summed E-state index contributed by atoms with van der Waals surface area (Å²) in [6.07, 6.45) is 0. The molecule has 0 atom stereocenters. The molecule has 10 heteroatoms. The van der Waals surface area contributed by atoms with Gasteiger partial charge in [-0.1, -0.05) is 18.2 Å². The van der Waals surface area contributed by atoms with Gasteiger partial charge in [0.1, 0.15) is 5.75 Å². The molecule has 0 fully saturated rings. The van der Waals surface area contributed by atoms with Crippen LogP contribution in [0.3, 0.4) is 0 Å². The summed E-state index contributed by atoms with van der Waals surface area (Å²) in [7, 11) is -2.23. The first-order valence-corrected chi connectivity index (χ1v) is 12.4. The molecule has 0 bridgehead atoms. The van der Waals surface area contributed by atoms with Gasteiger partial charge in [-0.05, 0) is 95.6 Å². The third-order valence-corrected chi connectivity index (χ3v) is 6.97. The molecule has 0 aliphatic heterocycles. The van der Waals surface area contributed by atoms with Gasteiger partial charge in [-0.3, -0.25) is 14.8 Å². The number of nitrogens with one attached hydrogen (secondary N) is 3. The van der Waals surface area contributed by atoms with Crippen LogP contribution in [0.1, 0.15) is 21.5 Å². The molecule has 7 nitrogen and oxygen atoms in total. The number of amides is 1. The van der Waals surface area contributed by atoms with Crippen molar-refractivity contribution in [2.75, 3.05) is 17.1 Å². The third-order valence-electron chi connectivity index (χ3n) is 4.78. The molecule has 0 aliphatic carbocycles. The van der Waals surface area contributed by atoms with Crippen LogP contribution in [0, 0.1) is 13.8 Å². The van der Waals surface area contributed by atoms with E-state index in [1.165, 1.54) is 19.2 Å². The van der Waals surface area contributed by atoms with Crippen LogP contribution >= 0.6 is 28.1 Å². The summed E-state index contributed by atoms with van der Waals surface area (Å²) in [6, 6.07) is 16.5. The van der Waals surface area contributed by atoms with Crippen LogP contribution in [0.5, 0.6) is 5.75 Å². The van der Waals surface area contributed by atoms with E-state index in [0.717, 1.165) is 11.1 Å². The highest BCUT2D eigenvalue weighted by atomic mass is 79.9. The van der Waals surface area contributed by atoms with Crippen molar-refractivity contribution in [1.82, 2.24) is 5.32 Å². The van der Waals surface area contributed by atoms with E-state index in [2.05, 4.69) is 31.3 Å². The van der Waals surface area contributed by atoms with Crippen LogP contribution in [-0.4, -0.2) is 26.5 Å².